The molecule has 1 N–H and O–H groups in total. The number of nitrogens with one attached hydrogen (secondary N) is 1. The number of hydrogen-bond acceptors (Lipinski definition) is 6. The van der Waals surface area contributed by atoms with Gasteiger partial charge in [-0.1, -0.05) is 12.1 Å². The Kier molecular flexibility index (Phi) is 6.25. The van der Waals surface area contributed by atoms with Crippen LogP contribution < -0.4 is 10.1 Å². The van der Waals surface area contributed by atoms with Gasteiger partial charge in [0.1, 0.15) is 28.9 Å². The minimum atomic E-state index is -0.588. The molecule has 0 bridgehead atoms. The quantitative estimate of drug-likeness (QED) is 0.262. The summed E-state index contributed by atoms with van der Waals surface area (Å²) in [5.74, 6) is 0.745. The van der Waals surface area contributed by atoms with Crippen molar-refractivity contribution in [2.45, 2.75) is 6.92 Å². The number of carbonyl (C=O) groups excluding carboxylic acids is 1. The third-order valence-electron chi connectivity index (χ3n) is 4.04. The Morgan fingerprint density at radius 3 is 2.67 bits per heavy atom. The predicted molar refractivity (Wildman–Crippen MR) is 111 cm³/mol. The molecule has 2 aromatic carbocycles. The summed E-state index contributed by atoms with van der Waals surface area (Å²) in [6, 6.07) is 17.8. The molecule has 0 saturated heterocycles. The highest BCUT2D eigenvalue weighted by molar-refractivity contribution is 6.09. The van der Waals surface area contributed by atoms with E-state index < -0.39 is 10.8 Å². The first-order valence-corrected chi connectivity index (χ1v) is 9.01. The van der Waals surface area contributed by atoms with Crippen LogP contribution in [0.1, 0.15) is 12.7 Å². The lowest BCUT2D eigenvalue weighted by molar-refractivity contribution is -0.384. The van der Waals surface area contributed by atoms with Gasteiger partial charge >= 0.3 is 0 Å². The number of anilines is 1. The summed E-state index contributed by atoms with van der Waals surface area (Å²) in [6.45, 7) is 2.41. The zero-order valence-corrected chi connectivity index (χ0v) is 16.0. The van der Waals surface area contributed by atoms with Gasteiger partial charge < -0.3 is 14.5 Å². The maximum Gasteiger partial charge on any atom is 0.270 e. The van der Waals surface area contributed by atoms with Crippen LogP contribution in [0.25, 0.3) is 17.4 Å². The Morgan fingerprint density at radius 2 is 2.00 bits per heavy atom. The molecule has 8 nitrogen and oxygen atoms in total. The fraction of sp³-hybridized carbons (Fsp3) is 0.0909. The number of hydrogen-bond donors (Lipinski definition) is 1. The van der Waals surface area contributed by atoms with Crippen molar-refractivity contribution >= 4 is 23.4 Å². The number of furan rings is 1. The fourth-order valence-electron chi connectivity index (χ4n) is 2.65. The van der Waals surface area contributed by atoms with Gasteiger partial charge in [0.15, 0.2) is 0 Å². The van der Waals surface area contributed by atoms with Crippen molar-refractivity contribution < 1.29 is 18.9 Å². The van der Waals surface area contributed by atoms with Crippen molar-refractivity contribution in [1.29, 1.82) is 5.26 Å². The van der Waals surface area contributed by atoms with Crippen molar-refractivity contribution in [3.8, 4) is 23.1 Å². The van der Waals surface area contributed by atoms with Crippen LogP contribution in [0.4, 0.5) is 11.4 Å². The number of benzene rings is 2. The predicted octanol–water partition coefficient (Wildman–Crippen LogP) is 4.80. The van der Waals surface area contributed by atoms with E-state index in [-0.39, 0.29) is 17.0 Å². The molecular formula is C22H17N3O5. The number of carbonyl (C=O) groups is 1. The Labute approximate surface area is 172 Å². The Morgan fingerprint density at radius 1 is 1.23 bits per heavy atom. The topological polar surface area (TPSA) is 118 Å². The molecule has 0 aliphatic carbocycles. The number of nitro groups is 1. The first-order valence-electron chi connectivity index (χ1n) is 9.01. The van der Waals surface area contributed by atoms with Gasteiger partial charge in [-0.15, -0.1) is 0 Å². The smallest absolute Gasteiger partial charge is 0.270 e. The van der Waals surface area contributed by atoms with Crippen molar-refractivity contribution in [1.82, 2.24) is 0 Å². The van der Waals surface area contributed by atoms with Crippen LogP contribution in [0.2, 0.25) is 0 Å². The van der Waals surface area contributed by atoms with Gasteiger partial charge in [-0.2, -0.15) is 5.26 Å². The summed E-state index contributed by atoms with van der Waals surface area (Å²) < 4.78 is 11.0. The molecule has 0 atom stereocenters. The molecule has 3 rings (SSSR count). The lowest BCUT2D eigenvalue weighted by atomic mass is 10.1. The highest BCUT2D eigenvalue weighted by Crippen LogP contribution is 2.26. The Bertz CT molecular complexity index is 1140. The van der Waals surface area contributed by atoms with Gasteiger partial charge in [0.25, 0.3) is 11.6 Å². The van der Waals surface area contributed by atoms with Gasteiger partial charge in [0.05, 0.1) is 11.5 Å². The summed E-state index contributed by atoms with van der Waals surface area (Å²) in [6.07, 6.45) is 1.31. The zero-order chi connectivity index (χ0) is 21.5. The Balaban J connectivity index is 1.76. The van der Waals surface area contributed by atoms with Gasteiger partial charge in [0, 0.05) is 29.5 Å². The number of nitrogens with zero attached hydrogens (tertiary/aromatic N) is 2. The molecule has 0 fully saturated rings. The standard InChI is InChI=1S/C22H17N3O5/c1-2-29-19-8-6-17(7-9-19)24-22(26)16(14-23)13-20-10-11-21(30-20)15-4-3-5-18(12-15)25(27)28/h3-13H,2H2,1H3,(H,24,26)/b16-13+. The van der Waals surface area contributed by atoms with E-state index in [1.807, 2.05) is 13.0 Å². The molecule has 30 heavy (non-hydrogen) atoms. The lowest BCUT2D eigenvalue weighted by Gasteiger charge is -2.06. The number of rotatable bonds is 7. The highest BCUT2D eigenvalue weighted by atomic mass is 16.6. The molecule has 0 saturated carbocycles. The maximum absolute atomic E-state index is 12.4. The SMILES string of the molecule is CCOc1ccc(NC(=O)/C(C#N)=C/c2ccc(-c3cccc([N+](=O)[O-])c3)o2)cc1. The number of nitro benzene ring substituents is 1. The second-order valence-corrected chi connectivity index (χ2v) is 6.09. The third-order valence-corrected chi connectivity index (χ3v) is 4.04. The highest BCUT2D eigenvalue weighted by Gasteiger charge is 2.13. The molecule has 0 spiro atoms. The zero-order valence-electron chi connectivity index (χ0n) is 16.0. The summed E-state index contributed by atoms with van der Waals surface area (Å²) >= 11 is 0. The van der Waals surface area contributed by atoms with Crippen molar-refractivity contribution in [3.63, 3.8) is 0 Å². The van der Waals surface area contributed by atoms with Gasteiger partial charge in [-0.25, -0.2) is 0 Å². The average molecular weight is 403 g/mol. The molecule has 1 aromatic heterocycles. The average Bonchev–Trinajstić information content (AvgIpc) is 3.22. The van der Waals surface area contributed by atoms with Crippen molar-refractivity contribution in [2.24, 2.45) is 0 Å². The van der Waals surface area contributed by atoms with E-state index in [4.69, 9.17) is 9.15 Å². The molecule has 150 valence electrons. The fourth-order valence-corrected chi connectivity index (χ4v) is 2.65. The number of non-ortho nitro benzene ring substituents is 1. The molecule has 3 aromatic rings. The first kappa shape index (κ1) is 20.4. The third kappa shape index (κ3) is 4.91. The van der Waals surface area contributed by atoms with Crippen LogP contribution in [0, 0.1) is 21.4 Å². The molecule has 1 heterocycles. The monoisotopic (exact) mass is 403 g/mol. The van der Waals surface area contributed by atoms with E-state index in [9.17, 15) is 20.2 Å². The summed E-state index contributed by atoms with van der Waals surface area (Å²) in [5.41, 5.74) is 0.819. The van der Waals surface area contributed by atoms with E-state index >= 15 is 0 Å². The van der Waals surface area contributed by atoms with Crippen LogP contribution in [0.3, 0.4) is 0 Å². The van der Waals surface area contributed by atoms with Crippen LogP contribution in [-0.4, -0.2) is 17.4 Å². The lowest BCUT2D eigenvalue weighted by Crippen LogP contribution is -2.13. The molecule has 0 radical (unpaired) electrons. The Hall–Kier alpha value is -4.38. The van der Waals surface area contributed by atoms with Gasteiger partial charge in [-0.05, 0) is 43.3 Å². The summed E-state index contributed by atoms with van der Waals surface area (Å²) in [7, 11) is 0. The van der Waals surface area contributed by atoms with Crippen LogP contribution >= 0.6 is 0 Å². The van der Waals surface area contributed by atoms with Crippen molar-refractivity contribution in [3.05, 3.63) is 82.1 Å². The maximum atomic E-state index is 12.4. The number of ether oxygens (including phenoxy) is 1. The first-order chi connectivity index (χ1) is 14.5. The second kappa shape index (κ2) is 9.21. The molecule has 1 amide bonds. The molecule has 0 aliphatic heterocycles. The molecule has 0 aliphatic rings. The van der Waals surface area contributed by atoms with E-state index in [1.165, 1.54) is 18.2 Å². The van der Waals surface area contributed by atoms with Crippen molar-refractivity contribution in [2.75, 3.05) is 11.9 Å². The normalized spacial score (nSPS) is 10.9. The van der Waals surface area contributed by atoms with E-state index in [0.717, 1.165) is 0 Å². The summed E-state index contributed by atoms with van der Waals surface area (Å²) in [5, 5.41) is 22.9. The molecular weight excluding hydrogens is 386 g/mol. The minimum absolute atomic E-state index is 0.0616. The minimum Gasteiger partial charge on any atom is -0.494 e. The van der Waals surface area contributed by atoms with E-state index in [2.05, 4.69) is 5.32 Å². The van der Waals surface area contributed by atoms with Gasteiger partial charge in [-0.3, -0.25) is 14.9 Å². The molecule has 8 heteroatoms. The van der Waals surface area contributed by atoms with E-state index in [1.54, 1.807) is 48.5 Å². The van der Waals surface area contributed by atoms with Crippen LogP contribution in [0.5, 0.6) is 5.75 Å². The molecule has 0 unspecified atom stereocenters. The van der Waals surface area contributed by atoms with Crippen LogP contribution in [0.15, 0.2) is 70.7 Å². The number of nitriles is 1. The van der Waals surface area contributed by atoms with Gasteiger partial charge in [0.2, 0.25) is 0 Å². The number of amides is 1. The van der Waals surface area contributed by atoms with Crippen LogP contribution in [-0.2, 0) is 4.79 Å². The van der Waals surface area contributed by atoms with E-state index in [0.29, 0.717) is 29.4 Å². The second-order valence-electron chi connectivity index (χ2n) is 6.09. The summed E-state index contributed by atoms with van der Waals surface area (Å²) in [4.78, 5) is 22.8. The largest absolute Gasteiger partial charge is 0.494 e.